The molecule has 6 amide bonds. The van der Waals surface area contributed by atoms with E-state index in [9.17, 15) is 30.0 Å². The van der Waals surface area contributed by atoms with Crippen molar-refractivity contribution in [3.63, 3.8) is 0 Å². The van der Waals surface area contributed by atoms with Crippen molar-refractivity contribution in [2.75, 3.05) is 76.6 Å². The van der Waals surface area contributed by atoms with Crippen LogP contribution in [0.2, 0.25) is 0 Å². The molecule has 0 fully saturated rings. The van der Waals surface area contributed by atoms with Gasteiger partial charge in [0.25, 0.3) is 23.6 Å². The van der Waals surface area contributed by atoms with Crippen LogP contribution >= 0.6 is 23.5 Å². The highest BCUT2D eigenvalue weighted by atomic mass is 32.2. The van der Waals surface area contributed by atoms with Gasteiger partial charge in [0.2, 0.25) is 11.8 Å². The number of aryl methyl sites for hydroxylation is 4. The van der Waals surface area contributed by atoms with E-state index in [4.69, 9.17) is 18.9 Å². The lowest BCUT2D eigenvalue weighted by molar-refractivity contribution is -0.137. The molecule has 18 nitrogen and oxygen atoms in total. The number of hydrogen-bond donors (Lipinski definition) is 4. The minimum Gasteiger partial charge on any atom is -0.457 e. The summed E-state index contributed by atoms with van der Waals surface area (Å²) in [6.45, 7) is 5.16. The van der Waals surface area contributed by atoms with Gasteiger partial charge in [-0.3, -0.25) is 38.6 Å². The van der Waals surface area contributed by atoms with Gasteiger partial charge < -0.3 is 49.2 Å². The quantitative estimate of drug-likeness (QED) is 0.0224. The molecule has 2 unspecified atom stereocenters. The molecule has 0 bridgehead atoms. The molecule has 2 heterocycles. The number of benzene rings is 9. The van der Waals surface area contributed by atoms with E-state index in [-0.39, 0.29) is 127 Å². The van der Waals surface area contributed by atoms with Crippen LogP contribution in [0.15, 0.2) is 121 Å². The number of aliphatic hydroxyl groups is 4. The summed E-state index contributed by atoms with van der Waals surface area (Å²) in [6.07, 6.45) is 3.71. The van der Waals surface area contributed by atoms with Crippen LogP contribution in [0.4, 0.5) is 0 Å². The van der Waals surface area contributed by atoms with Crippen molar-refractivity contribution < 1.29 is 68.1 Å². The Kier molecular flexibility index (Phi) is 18.7. The van der Waals surface area contributed by atoms with E-state index in [2.05, 4.69) is 0 Å². The van der Waals surface area contributed by atoms with E-state index in [1.165, 1.54) is 57.6 Å². The number of thioether (sulfide) groups is 2. The smallest absolute Gasteiger partial charge is 0.262 e. The van der Waals surface area contributed by atoms with Gasteiger partial charge in [-0.1, -0.05) is 70.8 Å². The molecule has 0 saturated carbocycles. The summed E-state index contributed by atoms with van der Waals surface area (Å²) < 4.78 is 28.4. The molecule has 2 atom stereocenters. The SMILES string of the molecule is CSCCC(C(=O)N(CCO)CCO)N1C(=O)c2cc(Oc3ccc(C)cc3)c3c4c(Oc5ccc(C)cc5)cc5c6c(cc(Oc7ccc(C)cc7)c(c7c(Oc8ccc(C)cc8)cc(c2c37)C1=O)c64)C(=O)N(C(CCSC)C(=O)N(CCO)CCO)C5=O. The first kappa shape index (κ1) is 62.8. The highest BCUT2D eigenvalue weighted by molar-refractivity contribution is 7.98. The molecule has 0 radical (unpaired) electrons. The number of carbonyl (C=O) groups is 6. The third-order valence-electron chi connectivity index (χ3n) is 16.4. The van der Waals surface area contributed by atoms with Gasteiger partial charge in [-0.05, 0) is 137 Å². The normalized spacial score (nSPS) is 13.7. The number of amides is 6. The maximum Gasteiger partial charge on any atom is 0.262 e. The fourth-order valence-corrected chi connectivity index (χ4v) is 13.0. The van der Waals surface area contributed by atoms with Crippen LogP contribution in [-0.4, -0.2) is 164 Å². The van der Waals surface area contributed by atoms with Crippen molar-refractivity contribution in [3.05, 3.63) is 166 Å². The molecule has 2 aliphatic rings. The second kappa shape index (κ2) is 26.7. The first-order valence-corrected chi connectivity index (χ1v) is 32.4. The Morgan fingerprint density at radius 2 is 0.622 bits per heavy atom. The minimum atomic E-state index is -1.41. The van der Waals surface area contributed by atoms with Crippen LogP contribution in [0, 0.1) is 27.7 Å². The summed E-state index contributed by atoms with van der Waals surface area (Å²) in [7, 11) is 0. The summed E-state index contributed by atoms with van der Waals surface area (Å²) in [5.74, 6) is -2.39. The molecule has 20 heteroatoms. The minimum absolute atomic E-state index is 0.0172. The molecule has 9 aromatic rings. The number of fused-ring (bicyclic) bond motifs is 2. The van der Waals surface area contributed by atoms with Crippen LogP contribution in [-0.2, 0) is 9.59 Å². The van der Waals surface area contributed by atoms with Gasteiger partial charge in [0.1, 0.15) is 58.1 Å². The van der Waals surface area contributed by atoms with Gasteiger partial charge in [-0.2, -0.15) is 23.5 Å². The second-order valence-electron chi connectivity index (χ2n) is 22.4. The monoisotopic (exact) mass is 1250 g/mol. The van der Waals surface area contributed by atoms with Crippen molar-refractivity contribution in [1.29, 1.82) is 0 Å². The van der Waals surface area contributed by atoms with Gasteiger partial charge in [0, 0.05) is 69.3 Å². The summed E-state index contributed by atoms with van der Waals surface area (Å²) in [6, 6.07) is 32.3. The van der Waals surface area contributed by atoms with Gasteiger partial charge in [-0.25, -0.2) is 0 Å². The van der Waals surface area contributed by atoms with E-state index in [1.54, 1.807) is 48.5 Å². The molecular formula is C70H68N4O14S2. The van der Waals surface area contributed by atoms with Crippen molar-refractivity contribution in [3.8, 4) is 46.0 Å². The number of hydrogen-bond acceptors (Lipinski definition) is 16. The Morgan fingerprint density at radius 3 is 0.833 bits per heavy atom. The lowest BCUT2D eigenvalue weighted by atomic mass is 9.80. The molecule has 464 valence electrons. The van der Waals surface area contributed by atoms with Crippen molar-refractivity contribution in [2.24, 2.45) is 0 Å². The van der Waals surface area contributed by atoms with Gasteiger partial charge in [-0.15, -0.1) is 0 Å². The Hall–Kier alpha value is -8.76. The number of ether oxygens (including phenoxy) is 4. The van der Waals surface area contributed by atoms with Crippen LogP contribution in [0.3, 0.4) is 0 Å². The average molecular weight is 1250 g/mol. The standard InChI is InChI=1S/C70H68N4O14S2/c1-39-7-15-43(16-8-39)85-53-35-47-57-48(66(80)73(65(47)79)51(23-33-89-5)69(83)71(25-29-75)26-30-76)37-55(87-45-19-11-41(3)12-20-45)61-62-56(88-46-21-13-42(4)14-22-46)38-50-58-49(36-54(60(64(58)62)59(53)63(57)61)86-44-17-9-40(2)10-18-44)67(81)74(68(50)82)52(24-34-90-6)70(84)72(27-31-77)28-32-78/h7-22,35-38,51-52,75-78H,23-34H2,1-6H3. The maximum atomic E-state index is 16.0. The van der Waals surface area contributed by atoms with E-state index in [0.29, 0.717) is 34.5 Å². The molecule has 11 rings (SSSR count). The van der Waals surface area contributed by atoms with Gasteiger partial charge >= 0.3 is 0 Å². The topological polar surface area (TPSA) is 233 Å². The van der Waals surface area contributed by atoms with E-state index >= 15 is 19.2 Å². The highest BCUT2D eigenvalue weighted by Crippen LogP contribution is 2.58. The number of carbonyl (C=O) groups excluding carboxylic acids is 6. The van der Waals surface area contributed by atoms with E-state index in [0.717, 1.165) is 32.1 Å². The fourth-order valence-electron chi connectivity index (χ4n) is 12.1. The first-order chi connectivity index (χ1) is 43.5. The molecule has 0 spiro atoms. The zero-order chi connectivity index (χ0) is 63.7. The first-order valence-electron chi connectivity index (χ1n) is 29.6. The number of nitrogens with zero attached hydrogens (tertiary/aromatic N) is 4. The predicted octanol–water partition coefficient (Wildman–Crippen LogP) is 11.2. The van der Waals surface area contributed by atoms with Crippen LogP contribution < -0.4 is 18.9 Å². The lowest BCUT2D eigenvalue weighted by Crippen LogP contribution is -2.55. The third-order valence-corrected chi connectivity index (χ3v) is 17.7. The molecule has 0 aliphatic carbocycles. The number of aliphatic hydroxyl groups excluding tert-OH is 4. The molecule has 4 N–H and O–H groups in total. The molecule has 0 saturated heterocycles. The molecule has 90 heavy (non-hydrogen) atoms. The zero-order valence-electron chi connectivity index (χ0n) is 50.7. The second-order valence-corrected chi connectivity index (χ2v) is 24.4. The maximum absolute atomic E-state index is 16.0. The van der Waals surface area contributed by atoms with Crippen molar-refractivity contribution in [1.82, 2.24) is 19.6 Å². The predicted molar refractivity (Wildman–Crippen MR) is 349 cm³/mol. The number of imide groups is 2. The highest BCUT2D eigenvalue weighted by Gasteiger charge is 2.47. The molecule has 9 aromatic carbocycles. The Morgan fingerprint density at radius 1 is 0.389 bits per heavy atom. The molecule has 0 aromatic heterocycles. The fraction of sp³-hybridized carbons (Fsp3) is 0.286. The summed E-state index contributed by atoms with van der Waals surface area (Å²) in [5.41, 5.74) is 3.57. The third kappa shape index (κ3) is 11.7. The Balaban J connectivity index is 1.34. The Labute approximate surface area is 528 Å². The summed E-state index contributed by atoms with van der Waals surface area (Å²) in [5, 5.41) is 42.5. The largest absolute Gasteiger partial charge is 0.457 e. The molecule has 2 aliphatic heterocycles. The zero-order valence-corrected chi connectivity index (χ0v) is 52.3. The van der Waals surface area contributed by atoms with E-state index in [1.807, 2.05) is 88.7 Å². The lowest BCUT2D eigenvalue weighted by Gasteiger charge is -2.37. The Bertz CT molecular complexity index is 3750. The van der Waals surface area contributed by atoms with Crippen LogP contribution in [0.5, 0.6) is 46.0 Å². The van der Waals surface area contributed by atoms with Gasteiger partial charge in [0.05, 0.1) is 48.7 Å². The van der Waals surface area contributed by atoms with Gasteiger partial charge in [0.15, 0.2) is 0 Å². The van der Waals surface area contributed by atoms with Crippen molar-refractivity contribution >= 4 is 102 Å². The number of rotatable bonds is 26. The summed E-state index contributed by atoms with van der Waals surface area (Å²) in [4.78, 5) is 98.3. The average Bonchev–Trinajstić information content (AvgIpc) is 0.674. The van der Waals surface area contributed by atoms with E-state index < -0.39 is 74.0 Å². The molecular weight excluding hydrogens is 1180 g/mol. The summed E-state index contributed by atoms with van der Waals surface area (Å²) >= 11 is 2.82. The van der Waals surface area contributed by atoms with Crippen LogP contribution in [0.25, 0.3) is 43.1 Å². The van der Waals surface area contributed by atoms with Crippen molar-refractivity contribution in [2.45, 2.75) is 52.6 Å². The van der Waals surface area contributed by atoms with Crippen LogP contribution in [0.1, 0.15) is 76.5 Å².